The first-order chi connectivity index (χ1) is 12.9. The van der Waals surface area contributed by atoms with Gasteiger partial charge in [-0.3, -0.25) is 10.1 Å². The van der Waals surface area contributed by atoms with Crippen molar-refractivity contribution in [3.8, 4) is 28.4 Å². The number of hydrogen-bond donors (Lipinski definition) is 0. The first-order valence-electron chi connectivity index (χ1n) is 8.26. The largest absolute Gasteiger partial charge is 0.496 e. The molecule has 3 rings (SSSR count). The molecule has 6 heteroatoms. The van der Waals surface area contributed by atoms with Gasteiger partial charge in [-0.05, 0) is 54.8 Å². The van der Waals surface area contributed by atoms with E-state index in [4.69, 9.17) is 9.47 Å². The van der Waals surface area contributed by atoms with Gasteiger partial charge in [0, 0.05) is 23.8 Å². The molecule has 0 atom stereocenters. The van der Waals surface area contributed by atoms with Crippen molar-refractivity contribution in [3.05, 3.63) is 81.7 Å². The molecule has 5 nitrogen and oxygen atoms in total. The lowest BCUT2D eigenvalue weighted by atomic mass is 10.0. The van der Waals surface area contributed by atoms with Gasteiger partial charge in [0.15, 0.2) is 0 Å². The SMILES string of the molecule is COc1cc(Oc2c(C)cc([N+](=O)[O-])cc2C)ccc1-c1ccc(F)cc1. The summed E-state index contributed by atoms with van der Waals surface area (Å²) in [6.45, 7) is 3.53. The molecule has 0 unspecified atom stereocenters. The van der Waals surface area contributed by atoms with Gasteiger partial charge < -0.3 is 9.47 Å². The van der Waals surface area contributed by atoms with Crippen molar-refractivity contribution in [2.24, 2.45) is 0 Å². The smallest absolute Gasteiger partial charge is 0.270 e. The summed E-state index contributed by atoms with van der Waals surface area (Å²) in [5.74, 6) is 1.38. The van der Waals surface area contributed by atoms with Gasteiger partial charge in [-0.2, -0.15) is 0 Å². The lowest BCUT2D eigenvalue weighted by Gasteiger charge is -2.14. The molecule has 0 saturated carbocycles. The summed E-state index contributed by atoms with van der Waals surface area (Å²) in [4.78, 5) is 10.6. The van der Waals surface area contributed by atoms with Crippen LogP contribution in [0.2, 0.25) is 0 Å². The number of ether oxygens (including phenoxy) is 2. The maximum atomic E-state index is 13.2. The summed E-state index contributed by atoms with van der Waals surface area (Å²) in [5.41, 5.74) is 3.00. The van der Waals surface area contributed by atoms with Gasteiger partial charge in [-0.1, -0.05) is 12.1 Å². The molecule has 0 spiro atoms. The van der Waals surface area contributed by atoms with Gasteiger partial charge in [0.1, 0.15) is 23.1 Å². The van der Waals surface area contributed by atoms with E-state index in [1.165, 1.54) is 24.3 Å². The Balaban J connectivity index is 1.95. The van der Waals surface area contributed by atoms with E-state index in [9.17, 15) is 14.5 Å². The van der Waals surface area contributed by atoms with Crippen molar-refractivity contribution in [1.29, 1.82) is 0 Å². The highest BCUT2D eigenvalue weighted by molar-refractivity contribution is 5.71. The van der Waals surface area contributed by atoms with Crippen LogP contribution in [0.1, 0.15) is 11.1 Å². The maximum Gasteiger partial charge on any atom is 0.270 e. The molecule has 0 aromatic heterocycles. The Morgan fingerprint density at radius 1 is 0.963 bits per heavy atom. The van der Waals surface area contributed by atoms with Gasteiger partial charge in [0.05, 0.1) is 12.0 Å². The molecule has 0 heterocycles. The van der Waals surface area contributed by atoms with Crippen molar-refractivity contribution in [2.75, 3.05) is 7.11 Å². The van der Waals surface area contributed by atoms with Gasteiger partial charge in [0.2, 0.25) is 0 Å². The quantitative estimate of drug-likeness (QED) is 0.421. The topological polar surface area (TPSA) is 61.6 Å². The Morgan fingerprint density at radius 2 is 1.59 bits per heavy atom. The summed E-state index contributed by atoms with van der Waals surface area (Å²) >= 11 is 0. The zero-order chi connectivity index (χ0) is 19.6. The molecule has 0 bridgehead atoms. The number of nitro benzene ring substituents is 1. The molecule has 0 fully saturated rings. The third-order valence-electron chi connectivity index (χ3n) is 4.20. The number of rotatable bonds is 5. The minimum absolute atomic E-state index is 0.0292. The molecule has 0 N–H and O–H groups in total. The third kappa shape index (κ3) is 3.89. The van der Waals surface area contributed by atoms with Crippen LogP contribution >= 0.6 is 0 Å². The number of methoxy groups -OCH3 is 1. The van der Waals surface area contributed by atoms with E-state index in [2.05, 4.69) is 0 Å². The summed E-state index contributed by atoms with van der Waals surface area (Å²) in [7, 11) is 1.55. The van der Waals surface area contributed by atoms with Crippen LogP contribution in [-0.4, -0.2) is 12.0 Å². The van der Waals surface area contributed by atoms with Crippen LogP contribution in [0.5, 0.6) is 17.2 Å². The molecule has 0 radical (unpaired) electrons. The van der Waals surface area contributed by atoms with Crippen LogP contribution in [0.4, 0.5) is 10.1 Å². The van der Waals surface area contributed by atoms with Crippen LogP contribution in [-0.2, 0) is 0 Å². The van der Waals surface area contributed by atoms with Gasteiger partial charge in [-0.25, -0.2) is 4.39 Å². The van der Waals surface area contributed by atoms with E-state index in [1.54, 1.807) is 45.2 Å². The second-order valence-corrected chi connectivity index (χ2v) is 6.14. The maximum absolute atomic E-state index is 13.2. The van der Waals surface area contributed by atoms with Crippen LogP contribution in [0.25, 0.3) is 11.1 Å². The van der Waals surface area contributed by atoms with E-state index in [1.807, 2.05) is 6.07 Å². The van der Waals surface area contributed by atoms with Crippen molar-refractivity contribution in [3.63, 3.8) is 0 Å². The van der Waals surface area contributed by atoms with Crippen molar-refractivity contribution in [2.45, 2.75) is 13.8 Å². The van der Waals surface area contributed by atoms with E-state index in [-0.39, 0.29) is 11.5 Å². The van der Waals surface area contributed by atoms with E-state index >= 15 is 0 Å². The minimum atomic E-state index is -0.426. The fourth-order valence-corrected chi connectivity index (χ4v) is 2.91. The molecule has 3 aromatic carbocycles. The number of halogens is 1. The third-order valence-corrected chi connectivity index (χ3v) is 4.20. The number of nitro groups is 1. The summed E-state index contributed by atoms with van der Waals surface area (Å²) < 4.78 is 24.6. The Hall–Kier alpha value is -3.41. The summed E-state index contributed by atoms with van der Waals surface area (Å²) in [5, 5.41) is 11.0. The Morgan fingerprint density at radius 3 is 2.15 bits per heavy atom. The van der Waals surface area contributed by atoms with Gasteiger partial charge in [-0.15, -0.1) is 0 Å². The molecule has 0 aliphatic rings. The average Bonchev–Trinajstić information content (AvgIpc) is 2.65. The van der Waals surface area contributed by atoms with Crippen LogP contribution in [0.15, 0.2) is 54.6 Å². The average molecular weight is 367 g/mol. The zero-order valence-corrected chi connectivity index (χ0v) is 15.2. The van der Waals surface area contributed by atoms with Crippen molar-refractivity contribution >= 4 is 5.69 Å². The number of aryl methyl sites for hydroxylation is 2. The highest BCUT2D eigenvalue weighted by Gasteiger charge is 2.15. The second-order valence-electron chi connectivity index (χ2n) is 6.14. The Bertz CT molecular complexity index is 977. The summed E-state index contributed by atoms with van der Waals surface area (Å²) in [6.07, 6.45) is 0. The molecule has 138 valence electrons. The van der Waals surface area contributed by atoms with Gasteiger partial charge in [0.25, 0.3) is 5.69 Å². The Kier molecular flexibility index (Phi) is 5.07. The molecule has 27 heavy (non-hydrogen) atoms. The molecular weight excluding hydrogens is 349 g/mol. The molecule has 0 amide bonds. The summed E-state index contributed by atoms with van der Waals surface area (Å²) in [6, 6.07) is 14.4. The molecule has 0 saturated heterocycles. The van der Waals surface area contributed by atoms with Crippen LogP contribution in [0, 0.1) is 29.8 Å². The number of non-ortho nitro benzene ring substituents is 1. The highest BCUT2D eigenvalue weighted by Crippen LogP contribution is 2.37. The minimum Gasteiger partial charge on any atom is -0.496 e. The van der Waals surface area contributed by atoms with E-state index in [0.29, 0.717) is 28.4 Å². The standard InChI is InChI=1S/C21H18FNO4/c1-13-10-17(23(24)25)11-14(2)21(13)27-18-8-9-19(20(12-18)26-3)15-4-6-16(22)7-5-15/h4-12H,1-3H3. The first-order valence-corrected chi connectivity index (χ1v) is 8.26. The molecule has 0 aliphatic carbocycles. The number of hydrogen-bond acceptors (Lipinski definition) is 4. The fraction of sp³-hybridized carbons (Fsp3) is 0.143. The van der Waals surface area contributed by atoms with Crippen LogP contribution in [0.3, 0.4) is 0 Å². The number of benzene rings is 3. The Labute approximate surface area is 156 Å². The molecule has 0 aliphatic heterocycles. The van der Waals surface area contributed by atoms with E-state index < -0.39 is 4.92 Å². The van der Waals surface area contributed by atoms with Crippen molar-refractivity contribution < 1.29 is 18.8 Å². The van der Waals surface area contributed by atoms with Gasteiger partial charge >= 0.3 is 0 Å². The monoisotopic (exact) mass is 367 g/mol. The predicted octanol–water partition coefficient (Wildman–Crippen LogP) is 5.82. The molecular formula is C21H18FNO4. The number of nitrogens with zero attached hydrogens (tertiary/aromatic N) is 1. The lowest BCUT2D eigenvalue weighted by molar-refractivity contribution is -0.385. The van der Waals surface area contributed by atoms with Crippen LogP contribution < -0.4 is 9.47 Å². The first kappa shape index (κ1) is 18.4. The van der Waals surface area contributed by atoms with Crippen molar-refractivity contribution in [1.82, 2.24) is 0 Å². The predicted molar refractivity (Wildman–Crippen MR) is 101 cm³/mol. The zero-order valence-electron chi connectivity index (χ0n) is 15.2. The highest BCUT2D eigenvalue weighted by atomic mass is 19.1. The fourth-order valence-electron chi connectivity index (χ4n) is 2.91. The van der Waals surface area contributed by atoms with E-state index in [0.717, 1.165) is 11.1 Å². The molecule has 3 aromatic rings. The second kappa shape index (κ2) is 7.45. The lowest BCUT2D eigenvalue weighted by Crippen LogP contribution is -1.96. The normalized spacial score (nSPS) is 10.5.